The maximum Gasteiger partial charge on any atom is 0.442 e. The fraction of sp³-hybridized carbons (Fsp3) is 0.571. The molecule has 21 heavy (non-hydrogen) atoms. The summed E-state index contributed by atoms with van der Waals surface area (Å²) in [7, 11) is 1.07. The van der Waals surface area contributed by atoms with Crippen molar-refractivity contribution in [2.45, 2.75) is 26.2 Å². The third-order valence-corrected chi connectivity index (χ3v) is 3.66. The van der Waals surface area contributed by atoms with E-state index in [1.807, 2.05) is 0 Å². The Morgan fingerprint density at radius 1 is 1.57 bits per heavy atom. The van der Waals surface area contributed by atoms with Crippen LogP contribution in [0.3, 0.4) is 0 Å². The molecule has 0 radical (unpaired) electrons. The fourth-order valence-electron chi connectivity index (χ4n) is 2.39. The summed E-state index contributed by atoms with van der Waals surface area (Å²) in [6.07, 6.45) is 3.24. The van der Waals surface area contributed by atoms with E-state index in [-0.39, 0.29) is 5.91 Å². The van der Waals surface area contributed by atoms with Crippen LogP contribution >= 0.6 is 0 Å². The van der Waals surface area contributed by atoms with Gasteiger partial charge < -0.3 is 15.2 Å². The SMILES string of the molecule is C=CCCN1CCCC(C)(C(=O)C(=[N+]=[N-])C(=O)OC)C1=O. The standard InChI is InChI=1S/C14H19N3O4/c1-4-5-8-17-9-6-7-14(2,13(17)20)11(18)10(16-15)12(19)21-3/h4H,1,5-9H2,2-3H3. The highest BCUT2D eigenvalue weighted by Gasteiger charge is 2.52. The zero-order chi connectivity index (χ0) is 16.0. The summed E-state index contributed by atoms with van der Waals surface area (Å²) in [6.45, 7) is 6.09. The largest absolute Gasteiger partial charge is 0.460 e. The van der Waals surface area contributed by atoms with Crippen LogP contribution in [0.15, 0.2) is 12.7 Å². The molecule has 0 saturated carbocycles. The van der Waals surface area contributed by atoms with Crippen LogP contribution in [0.1, 0.15) is 26.2 Å². The minimum absolute atomic E-state index is 0.297. The van der Waals surface area contributed by atoms with Crippen molar-refractivity contribution < 1.29 is 23.9 Å². The van der Waals surface area contributed by atoms with Gasteiger partial charge in [0.05, 0.1) is 7.11 Å². The van der Waals surface area contributed by atoms with Gasteiger partial charge in [0.1, 0.15) is 5.41 Å². The molecule has 0 aromatic heterocycles. The summed E-state index contributed by atoms with van der Waals surface area (Å²) >= 11 is 0. The zero-order valence-corrected chi connectivity index (χ0v) is 12.3. The number of rotatable bonds is 6. The van der Waals surface area contributed by atoms with Crippen molar-refractivity contribution in [3.63, 3.8) is 0 Å². The summed E-state index contributed by atoms with van der Waals surface area (Å²) in [5.41, 5.74) is 6.71. The van der Waals surface area contributed by atoms with Gasteiger partial charge in [-0.25, -0.2) is 4.79 Å². The van der Waals surface area contributed by atoms with E-state index in [0.717, 1.165) is 7.11 Å². The lowest BCUT2D eigenvalue weighted by Crippen LogP contribution is -2.54. The normalized spacial score (nSPS) is 21.4. The maximum atomic E-state index is 12.5. The number of Topliss-reactive ketones (excluding diaryl/α,β-unsaturated/α-hetero) is 1. The van der Waals surface area contributed by atoms with Crippen molar-refractivity contribution in [2.75, 3.05) is 20.2 Å². The molecule has 0 aliphatic carbocycles. The molecule has 1 aliphatic heterocycles. The van der Waals surface area contributed by atoms with E-state index < -0.39 is 22.9 Å². The second-order valence-corrected chi connectivity index (χ2v) is 5.07. The number of carbonyl (C=O) groups is 3. The Hall–Kier alpha value is -2.27. The molecule has 7 heteroatoms. The number of nitrogens with zero attached hydrogens (tertiary/aromatic N) is 3. The van der Waals surface area contributed by atoms with Gasteiger partial charge in [0, 0.05) is 13.1 Å². The second kappa shape index (κ2) is 6.95. The second-order valence-electron chi connectivity index (χ2n) is 5.07. The first-order valence-electron chi connectivity index (χ1n) is 6.67. The first kappa shape index (κ1) is 16.8. The summed E-state index contributed by atoms with van der Waals surface area (Å²) in [5, 5.41) is 0. The van der Waals surface area contributed by atoms with Gasteiger partial charge in [-0.05, 0) is 26.2 Å². The number of hydrogen-bond acceptors (Lipinski definition) is 4. The average molecular weight is 293 g/mol. The molecule has 1 aliphatic rings. The number of hydrogen-bond donors (Lipinski definition) is 0. The number of esters is 1. The van der Waals surface area contributed by atoms with Gasteiger partial charge in [0.25, 0.3) is 5.78 Å². The van der Waals surface area contributed by atoms with Crippen LogP contribution in [0, 0.1) is 5.41 Å². The monoisotopic (exact) mass is 293 g/mol. The van der Waals surface area contributed by atoms with Crippen LogP contribution in [-0.4, -0.2) is 53.3 Å². The molecular weight excluding hydrogens is 274 g/mol. The van der Waals surface area contributed by atoms with E-state index in [0.29, 0.717) is 32.4 Å². The molecule has 7 nitrogen and oxygen atoms in total. The number of likely N-dealkylation sites (tertiary alicyclic amines) is 1. The molecule has 1 saturated heterocycles. The number of methoxy groups -OCH3 is 1. The van der Waals surface area contributed by atoms with Crippen LogP contribution in [0.5, 0.6) is 0 Å². The fourth-order valence-corrected chi connectivity index (χ4v) is 2.39. The van der Waals surface area contributed by atoms with Crippen molar-refractivity contribution in [1.82, 2.24) is 4.90 Å². The van der Waals surface area contributed by atoms with E-state index in [1.165, 1.54) is 6.92 Å². The Kier molecular flexibility index (Phi) is 5.55. The lowest BCUT2D eigenvalue weighted by Gasteiger charge is -2.37. The molecule has 0 N–H and O–H groups in total. The van der Waals surface area contributed by atoms with Gasteiger partial charge in [-0.2, -0.15) is 4.79 Å². The average Bonchev–Trinajstić information content (AvgIpc) is 2.49. The highest BCUT2D eigenvalue weighted by Crippen LogP contribution is 2.32. The predicted molar refractivity (Wildman–Crippen MR) is 74.4 cm³/mol. The molecule has 0 bridgehead atoms. The molecular formula is C14H19N3O4. The highest BCUT2D eigenvalue weighted by atomic mass is 16.5. The molecule has 1 amide bonds. The van der Waals surface area contributed by atoms with Gasteiger partial charge in [-0.15, -0.1) is 6.58 Å². The number of amides is 1. The molecule has 1 rings (SSSR count). The van der Waals surface area contributed by atoms with Crippen molar-refractivity contribution in [1.29, 1.82) is 0 Å². The Morgan fingerprint density at radius 2 is 2.24 bits per heavy atom. The third kappa shape index (κ3) is 3.25. The van der Waals surface area contributed by atoms with Crippen molar-refractivity contribution >= 4 is 23.4 Å². The lowest BCUT2D eigenvalue weighted by molar-refractivity contribution is -0.152. The highest BCUT2D eigenvalue weighted by molar-refractivity contribution is 6.64. The number of ketones is 1. The van der Waals surface area contributed by atoms with E-state index in [4.69, 9.17) is 5.53 Å². The Bertz CT molecular complexity index is 522. The minimum Gasteiger partial charge on any atom is -0.460 e. The van der Waals surface area contributed by atoms with Gasteiger partial charge >= 0.3 is 11.7 Å². The van der Waals surface area contributed by atoms with Crippen LogP contribution in [0.4, 0.5) is 0 Å². The summed E-state index contributed by atoms with van der Waals surface area (Å²) in [4.78, 5) is 40.7. The molecule has 0 aromatic rings. The van der Waals surface area contributed by atoms with Gasteiger partial charge in [0.15, 0.2) is 0 Å². The molecule has 0 aromatic carbocycles. The van der Waals surface area contributed by atoms with Crippen molar-refractivity contribution in [2.24, 2.45) is 5.41 Å². The quantitative estimate of drug-likeness (QED) is 0.179. The molecule has 1 unspecified atom stereocenters. The van der Waals surface area contributed by atoms with Crippen LogP contribution in [-0.2, 0) is 19.1 Å². The summed E-state index contributed by atoms with van der Waals surface area (Å²) in [5.74, 6) is -2.24. The topological polar surface area (TPSA) is 100 Å². The van der Waals surface area contributed by atoms with Gasteiger partial charge in [-0.1, -0.05) is 6.08 Å². The van der Waals surface area contributed by atoms with Gasteiger partial charge in [0.2, 0.25) is 5.91 Å². The minimum atomic E-state index is -1.41. The van der Waals surface area contributed by atoms with Crippen molar-refractivity contribution in [3.8, 4) is 0 Å². The summed E-state index contributed by atoms with van der Waals surface area (Å²) < 4.78 is 4.40. The molecule has 1 heterocycles. The molecule has 114 valence electrons. The Balaban J connectivity index is 3.05. The summed E-state index contributed by atoms with van der Waals surface area (Å²) in [6, 6.07) is 0. The van der Waals surface area contributed by atoms with E-state index >= 15 is 0 Å². The van der Waals surface area contributed by atoms with Crippen LogP contribution in [0.25, 0.3) is 5.53 Å². The number of piperidine rings is 1. The zero-order valence-electron chi connectivity index (χ0n) is 12.3. The van der Waals surface area contributed by atoms with E-state index in [9.17, 15) is 14.4 Å². The Labute approximate surface area is 123 Å². The Morgan fingerprint density at radius 3 is 2.76 bits per heavy atom. The van der Waals surface area contributed by atoms with Crippen LogP contribution in [0.2, 0.25) is 0 Å². The molecule has 1 atom stereocenters. The van der Waals surface area contributed by atoms with Crippen molar-refractivity contribution in [3.05, 3.63) is 18.2 Å². The van der Waals surface area contributed by atoms with E-state index in [1.54, 1.807) is 11.0 Å². The first-order valence-corrected chi connectivity index (χ1v) is 6.67. The third-order valence-electron chi connectivity index (χ3n) is 3.66. The lowest BCUT2D eigenvalue weighted by atomic mass is 9.75. The number of ether oxygens (including phenoxy) is 1. The predicted octanol–water partition coefficient (Wildman–Crippen LogP) is 0.604. The van der Waals surface area contributed by atoms with Gasteiger partial charge in [-0.3, -0.25) is 9.59 Å². The maximum absolute atomic E-state index is 12.5. The molecule has 1 fully saturated rings. The molecule has 0 spiro atoms. The number of carbonyl (C=O) groups excluding carboxylic acids is 3. The van der Waals surface area contributed by atoms with Crippen LogP contribution < -0.4 is 0 Å². The van der Waals surface area contributed by atoms with E-state index in [2.05, 4.69) is 16.1 Å². The smallest absolute Gasteiger partial charge is 0.442 e. The first-order chi connectivity index (χ1) is 9.92.